The highest BCUT2D eigenvalue weighted by Crippen LogP contribution is 2.23. The summed E-state index contributed by atoms with van der Waals surface area (Å²) in [6.07, 6.45) is 5.32. The lowest BCUT2D eigenvalue weighted by Crippen LogP contribution is -2.35. The maximum absolute atomic E-state index is 12.7. The van der Waals surface area contributed by atoms with Gasteiger partial charge < -0.3 is 10.6 Å². The molecule has 0 aliphatic carbocycles. The standard InChI is InChI=1S/C18H21N3O/c1-2-16(21-12-13-5-8-19-9-6-13)18(22)15-3-4-17-14(11-15)7-10-20-17/h3-6,8-9,11,16,20-21H,2,7,10,12H2,1H3. The quantitative estimate of drug-likeness (QED) is 0.805. The molecule has 2 N–H and O–H groups in total. The molecular weight excluding hydrogens is 274 g/mol. The first-order valence-corrected chi connectivity index (χ1v) is 7.81. The van der Waals surface area contributed by atoms with Crippen LogP contribution in [0.2, 0.25) is 0 Å². The second-order valence-corrected chi connectivity index (χ2v) is 5.61. The Labute approximate surface area is 131 Å². The Balaban J connectivity index is 1.69. The summed E-state index contributed by atoms with van der Waals surface area (Å²) in [4.78, 5) is 16.7. The van der Waals surface area contributed by atoms with E-state index in [1.54, 1.807) is 12.4 Å². The van der Waals surface area contributed by atoms with Gasteiger partial charge in [0.05, 0.1) is 6.04 Å². The number of rotatable bonds is 6. The number of hydrogen-bond donors (Lipinski definition) is 2. The number of carbonyl (C=O) groups is 1. The van der Waals surface area contributed by atoms with Gasteiger partial charge in [-0.25, -0.2) is 0 Å². The molecule has 22 heavy (non-hydrogen) atoms. The summed E-state index contributed by atoms with van der Waals surface area (Å²) in [5.74, 6) is 0.172. The highest BCUT2D eigenvalue weighted by molar-refractivity contribution is 6.00. The molecule has 114 valence electrons. The summed E-state index contributed by atoms with van der Waals surface area (Å²) in [7, 11) is 0. The molecule has 1 atom stereocenters. The Morgan fingerprint density at radius 3 is 2.91 bits per heavy atom. The van der Waals surface area contributed by atoms with Gasteiger partial charge in [0, 0.05) is 36.7 Å². The van der Waals surface area contributed by atoms with E-state index in [0.717, 1.165) is 36.2 Å². The molecule has 0 amide bonds. The average molecular weight is 295 g/mol. The van der Waals surface area contributed by atoms with E-state index >= 15 is 0 Å². The first-order valence-electron chi connectivity index (χ1n) is 7.81. The molecule has 0 spiro atoms. The fourth-order valence-electron chi connectivity index (χ4n) is 2.82. The number of ketones is 1. The molecule has 3 rings (SSSR count). The number of benzene rings is 1. The summed E-state index contributed by atoms with van der Waals surface area (Å²) in [5, 5.41) is 6.68. The van der Waals surface area contributed by atoms with Crippen molar-refractivity contribution in [2.24, 2.45) is 0 Å². The van der Waals surface area contributed by atoms with E-state index < -0.39 is 0 Å². The minimum atomic E-state index is -0.152. The van der Waals surface area contributed by atoms with Crippen LogP contribution in [0.4, 0.5) is 5.69 Å². The van der Waals surface area contributed by atoms with E-state index in [-0.39, 0.29) is 11.8 Å². The summed E-state index contributed by atoms with van der Waals surface area (Å²) in [6, 6.07) is 9.76. The minimum Gasteiger partial charge on any atom is -0.384 e. The Hall–Kier alpha value is -2.20. The number of pyridine rings is 1. The minimum absolute atomic E-state index is 0.152. The third-order valence-corrected chi connectivity index (χ3v) is 4.13. The number of nitrogens with zero attached hydrogens (tertiary/aromatic N) is 1. The lowest BCUT2D eigenvalue weighted by atomic mass is 9.99. The largest absolute Gasteiger partial charge is 0.384 e. The third-order valence-electron chi connectivity index (χ3n) is 4.13. The molecule has 1 aliphatic heterocycles. The van der Waals surface area contributed by atoms with Crippen LogP contribution >= 0.6 is 0 Å². The summed E-state index contributed by atoms with van der Waals surface area (Å²) >= 11 is 0. The van der Waals surface area contributed by atoms with Crippen molar-refractivity contribution >= 4 is 11.5 Å². The molecule has 4 heteroatoms. The van der Waals surface area contributed by atoms with Gasteiger partial charge in [-0.3, -0.25) is 9.78 Å². The number of carbonyl (C=O) groups excluding carboxylic acids is 1. The topological polar surface area (TPSA) is 54.0 Å². The molecule has 1 aliphatic rings. The molecule has 0 bridgehead atoms. The molecule has 2 heterocycles. The highest BCUT2D eigenvalue weighted by Gasteiger charge is 2.20. The van der Waals surface area contributed by atoms with E-state index in [2.05, 4.69) is 15.6 Å². The van der Waals surface area contributed by atoms with Crippen LogP contribution < -0.4 is 10.6 Å². The van der Waals surface area contributed by atoms with Gasteiger partial charge in [0.15, 0.2) is 5.78 Å². The van der Waals surface area contributed by atoms with Crippen LogP contribution in [0.15, 0.2) is 42.7 Å². The van der Waals surface area contributed by atoms with Crippen molar-refractivity contribution in [2.45, 2.75) is 32.4 Å². The Morgan fingerprint density at radius 1 is 1.32 bits per heavy atom. The zero-order valence-electron chi connectivity index (χ0n) is 12.8. The number of nitrogens with one attached hydrogen (secondary N) is 2. The number of fused-ring (bicyclic) bond motifs is 1. The van der Waals surface area contributed by atoms with E-state index in [9.17, 15) is 4.79 Å². The smallest absolute Gasteiger partial charge is 0.179 e. The predicted octanol–water partition coefficient (Wildman–Crippen LogP) is 2.80. The lowest BCUT2D eigenvalue weighted by Gasteiger charge is -2.16. The van der Waals surface area contributed by atoms with Crippen LogP contribution in [0.1, 0.15) is 34.8 Å². The number of aromatic nitrogens is 1. The molecule has 4 nitrogen and oxygen atoms in total. The maximum atomic E-state index is 12.7. The second-order valence-electron chi connectivity index (χ2n) is 5.61. The van der Waals surface area contributed by atoms with Gasteiger partial charge in [0.2, 0.25) is 0 Å². The van der Waals surface area contributed by atoms with Crippen LogP contribution in [0.25, 0.3) is 0 Å². The fraction of sp³-hybridized carbons (Fsp3) is 0.333. The van der Waals surface area contributed by atoms with Crippen molar-refractivity contribution in [2.75, 3.05) is 11.9 Å². The van der Waals surface area contributed by atoms with Crippen LogP contribution in [0.5, 0.6) is 0 Å². The van der Waals surface area contributed by atoms with E-state index in [0.29, 0.717) is 6.54 Å². The molecule has 2 aromatic rings. The van der Waals surface area contributed by atoms with Gasteiger partial charge in [0.25, 0.3) is 0 Å². The summed E-state index contributed by atoms with van der Waals surface area (Å²) < 4.78 is 0. The highest BCUT2D eigenvalue weighted by atomic mass is 16.1. The maximum Gasteiger partial charge on any atom is 0.179 e. The zero-order chi connectivity index (χ0) is 15.4. The van der Waals surface area contributed by atoms with Crippen LogP contribution in [-0.4, -0.2) is 23.4 Å². The van der Waals surface area contributed by atoms with Crippen LogP contribution in [-0.2, 0) is 13.0 Å². The number of Topliss-reactive ketones (excluding diaryl/α,β-unsaturated/α-hetero) is 1. The fourth-order valence-corrected chi connectivity index (χ4v) is 2.82. The van der Waals surface area contributed by atoms with Crippen LogP contribution in [0, 0.1) is 0 Å². The molecular formula is C18H21N3O. The van der Waals surface area contributed by atoms with Crippen molar-refractivity contribution in [3.05, 3.63) is 59.4 Å². The number of anilines is 1. The molecule has 0 saturated heterocycles. The Kier molecular flexibility index (Phi) is 4.49. The monoisotopic (exact) mass is 295 g/mol. The first-order chi connectivity index (χ1) is 10.8. The zero-order valence-corrected chi connectivity index (χ0v) is 12.8. The Morgan fingerprint density at radius 2 is 2.14 bits per heavy atom. The average Bonchev–Trinajstić information content (AvgIpc) is 3.03. The first kappa shape index (κ1) is 14.7. The van der Waals surface area contributed by atoms with Crippen molar-refractivity contribution in [1.82, 2.24) is 10.3 Å². The number of hydrogen-bond acceptors (Lipinski definition) is 4. The normalized spacial score (nSPS) is 14.2. The van der Waals surface area contributed by atoms with E-state index in [1.165, 1.54) is 5.56 Å². The SMILES string of the molecule is CCC(NCc1ccncc1)C(=O)c1ccc2c(c1)CCN2. The van der Waals surface area contributed by atoms with Gasteiger partial charge in [-0.1, -0.05) is 6.92 Å². The van der Waals surface area contributed by atoms with Gasteiger partial charge in [0.1, 0.15) is 0 Å². The van der Waals surface area contributed by atoms with E-state index in [1.807, 2.05) is 37.3 Å². The van der Waals surface area contributed by atoms with Crippen molar-refractivity contribution in [3.63, 3.8) is 0 Å². The molecule has 1 unspecified atom stereocenters. The van der Waals surface area contributed by atoms with Gasteiger partial charge >= 0.3 is 0 Å². The predicted molar refractivity (Wildman–Crippen MR) is 88.1 cm³/mol. The molecule has 0 saturated carbocycles. The van der Waals surface area contributed by atoms with Gasteiger partial charge in [-0.05, 0) is 54.3 Å². The van der Waals surface area contributed by atoms with Crippen molar-refractivity contribution in [1.29, 1.82) is 0 Å². The van der Waals surface area contributed by atoms with Crippen molar-refractivity contribution in [3.8, 4) is 0 Å². The molecule has 0 fully saturated rings. The van der Waals surface area contributed by atoms with Gasteiger partial charge in [-0.2, -0.15) is 0 Å². The lowest BCUT2D eigenvalue weighted by molar-refractivity contribution is 0.0939. The molecule has 0 radical (unpaired) electrons. The third kappa shape index (κ3) is 3.17. The Bertz CT molecular complexity index is 655. The van der Waals surface area contributed by atoms with Crippen molar-refractivity contribution < 1.29 is 4.79 Å². The summed E-state index contributed by atoms with van der Waals surface area (Å²) in [5.41, 5.74) is 4.35. The van der Waals surface area contributed by atoms with Crippen LogP contribution in [0.3, 0.4) is 0 Å². The molecule has 1 aromatic heterocycles. The second kappa shape index (κ2) is 6.71. The molecule has 1 aromatic carbocycles. The van der Waals surface area contributed by atoms with Gasteiger partial charge in [-0.15, -0.1) is 0 Å². The summed E-state index contributed by atoms with van der Waals surface area (Å²) in [6.45, 7) is 3.68. The van der Waals surface area contributed by atoms with E-state index in [4.69, 9.17) is 0 Å².